The highest BCUT2D eigenvalue weighted by Crippen LogP contribution is 2.36. The first-order valence-corrected chi connectivity index (χ1v) is 4.30. The molecule has 0 spiro atoms. The van der Waals surface area contributed by atoms with E-state index in [9.17, 15) is 15.0 Å². The van der Waals surface area contributed by atoms with E-state index in [2.05, 4.69) is 0 Å². The molecule has 0 aliphatic heterocycles. The molecule has 0 aliphatic carbocycles. The number of ether oxygens (including phenoxy) is 1. The Morgan fingerprint density at radius 1 is 1.56 bits per heavy atom. The monoisotopic (exact) mass is 222 g/mol. The van der Waals surface area contributed by atoms with E-state index in [1.807, 2.05) is 5.92 Å². The number of methoxy groups -OCH3 is 1. The van der Waals surface area contributed by atoms with E-state index < -0.39 is 12.1 Å². The molecule has 0 heterocycles. The van der Waals surface area contributed by atoms with Gasteiger partial charge in [-0.15, -0.1) is 6.42 Å². The molecule has 1 aromatic carbocycles. The van der Waals surface area contributed by atoms with Crippen LogP contribution in [0.15, 0.2) is 12.1 Å². The number of aliphatic hydroxyl groups is 1. The molecule has 0 bridgehead atoms. The highest BCUT2D eigenvalue weighted by atomic mass is 16.5. The van der Waals surface area contributed by atoms with E-state index in [1.165, 1.54) is 7.11 Å². The van der Waals surface area contributed by atoms with Crippen LogP contribution in [0.3, 0.4) is 0 Å². The van der Waals surface area contributed by atoms with Crippen LogP contribution in [0.4, 0.5) is 0 Å². The second-order valence-corrected chi connectivity index (χ2v) is 2.95. The normalized spacial score (nSPS) is 11.6. The zero-order valence-corrected chi connectivity index (χ0v) is 8.47. The molecule has 0 amide bonds. The summed E-state index contributed by atoms with van der Waals surface area (Å²) >= 11 is 0. The first-order chi connectivity index (χ1) is 7.52. The van der Waals surface area contributed by atoms with Crippen LogP contribution in [0.5, 0.6) is 11.5 Å². The Hall–Kier alpha value is -2.19. The second-order valence-electron chi connectivity index (χ2n) is 2.95. The molecule has 0 fully saturated rings. The molecule has 5 heteroatoms. The van der Waals surface area contributed by atoms with Gasteiger partial charge in [0, 0.05) is 0 Å². The van der Waals surface area contributed by atoms with Crippen LogP contribution < -0.4 is 4.74 Å². The number of hydrogen-bond donors (Lipinski definition) is 3. The average Bonchev–Trinajstić information content (AvgIpc) is 2.27. The van der Waals surface area contributed by atoms with E-state index >= 15 is 0 Å². The van der Waals surface area contributed by atoms with Gasteiger partial charge in [0.05, 0.1) is 18.2 Å². The number of phenols is 1. The number of rotatable bonds is 3. The lowest BCUT2D eigenvalue weighted by Gasteiger charge is -2.14. The third-order valence-electron chi connectivity index (χ3n) is 2.04. The molecule has 1 rings (SSSR count). The standard InChI is InChI=1S/C11H10O5/c1-3-7(12)9-6(11(14)15)4-5-8(13)10(9)16-2/h1,4-5,7,12-13H,2H3,(H,14,15). The van der Waals surface area contributed by atoms with Crippen LogP contribution in [0.1, 0.15) is 22.0 Å². The number of aromatic hydroxyl groups is 1. The Kier molecular flexibility index (Phi) is 3.38. The van der Waals surface area contributed by atoms with Crippen LogP contribution in [-0.2, 0) is 0 Å². The molecule has 84 valence electrons. The maximum absolute atomic E-state index is 10.9. The molecular formula is C11H10O5. The van der Waals surface area contributed by atoms with Crippen molar-refractivity contribution in [2.45, 2.75) is 6.10 Å². The number of phenolic OH excluding ortho intramolecular Hbond substituents is 1. The highest BCUT2D eigenvalue weighted by Gasteiger charge is 2.23. The number of carbonyl (C=O) groups is 1. The Labute approximate surface area is 91.9 Å². The van der Waals surface area contributed by atoms with Crippen molar-refractivity contribution in [2.24, 2.45) is 0 Å². The van der Waals surface area contributed by atoms with Crippen LogP contribution >= 0.6 is 0 Å². The summed E-state index contributed by atoms with van der Waals surface area (Å²) < 4.78 is 4.82. The quantitative estimate of drug-likeness (QED) is 0.657. The molecule has 0 radical (unpaired) electrons. The van der Waals surface area contributed by atoms with Gasteiger partial charge in [0.15, 0.2) is 11.5 Å². The topological polar surface area (TPSA) is 87.0 Å². The maximum atomic E-state index is 10.9. The summed E-state index contributed by atoms with van der Waals surface area (Å²) in [5, 5.41) is 27.9. The summed E-state index contributed by atoms with van der Waals surface area (Å²) in [5.74, 6) is 0.303. The van der Waals surface area contributed by atoms with Gasteiger partial charge in [0.25, 0.3) is 0 Å². The zero-order chi connectivity index (χ0) is 12.3. The van der Waals surface area contributed by atoms with Crippen LogP contribution in [0.25, 0.3) is 0 Å². The van der Waals surface area contributed by atoms with Gasteiger partial charge in [-0.05, 0) is 12.1 Å². The van der Waals surface area contributed by atoms with Crippen molar-refractivity contribution < 1.29 is 24.9 Å². The fraction of sp³-hybridized carbons (Fsp3) is 0.182. The minimum absolute atomic E-state index is 0.127. The smallest absolute Gasteiger partial charge is 0.336 e. The first-order valence-electron chi connectivity index (χ1n) is 4.30. The van der Waals surface area contributed by atoms with Gasteiger partial charge in [-0.2, -0.15) is 0 Å². The predicted molar refractivity (Wildman–Crippen MR) is 55.4 cm³/mol. The van der Waals surface area contributed by atoms with E-state index in [-0.39, 0.29) is 22.6 Å². The SMILES string of the molecule is C#CC(O)c1c(C(=O)O)ccc(O)c1OC. The number of hydrogen-bond acceptors (Lipinski definition) is 4. The molecule has 0 saturated heterocycles. The van der Waals surface area contributed by atoms with Gasteiger partial charge < -0.3 is 20.1 Å². The maximum Gasteiger partial charge on any atom is 0.336 e. The van der Waals surface area contributed by atoms with Gasteiger partial charge in [0.1, 0.15) is 6.10 Å². The molecular weight excluding hydrogens is 212 g/mol. The third kappa shape index (κ3) is 1.92. The van der Waals surface area contributed by atoms with Crippen molar-refractivity contribution in [3.05, 3.63) is 23.3 Å². The summed E-state index contributed by atoms with van der Waals surface area (Å²) in [4.78, 5) is 10.9. The number of terminal acetylenes is 1. The number of aromatic carboxylic acids is 1. The third-order valence-corrected chi connectivity index (χ3v) is 2.04. The van der Waals surface area contributed by atoms with Gasteiger partial charge in [-0.3, -0.25) is 0 Å². The summed E-state index contributed by atoms with van der Waals surface area (Å²) in [6, 6.07) is 2.31. The highest BCUT2D eigenvalue weighted by molar-refractivity contribution is 5.91. The molecule has 3 N–H and O–H groups in total. The summed E-state index contributed by atoms with van der Waals surface area (Å²) in [7, 11) is 1.24. The van der Waals surface area contributed by atoms with Gasteiger partial charge in [-0.1, -0.05) is 5.92 Å². The Morgan fingerprint density at radius 3 is 2.62 bits per heavy atom. The van der Waals surface area contributed by atoms with E-state index in [1.54, 1.807) is 0 Å². The molecule has 1 unspecified atom stereocenters. The van der Waals surface area contributed by atoms with Crippen LogP contribution in [0.2, 0.25) is 0 Å². The summed E-state index contributed by atoms with van der Waals surface area (Å²) in [6.07, 6.45) is 3.57. The predicted octanol–water partition coefficient (Wildman–Crippen LogP) is 0.766. The fourth-order valence-electron chi connectivity index (χ4n) is 1.34. The number of benzene rings is 1. The molecule has 0 saturated carbocycles. The Bertz CT molecular complexity index is 458. The zero-order valence-electron chi connectivity index (χ0n) is 8.47. The van der Waals surface area contributed by atoms with Gasteiger partial charge in [-0.25, -0.2) is 4.79 Å². The van der Waals surface area contributed by atoms with E-state index in [0.29, 0.717) is 0 Å². The lowest BCUT2D eigenvalue weighted by Crippen LogP contribution is -2.08. The van der Waals surface area contributed by atoms with Gasteiger partial charge >= 0.3 is 5.97 Å². The van der Waals surface area contributed by atoms with E-state index in [4.69, 9.17) is 16.3 Å². The first kappa shape index (κ1) is 11.9. The minimum Gasteiger partial charge on any atom is -0.504 e. The number of carboxylic acid groups (broad SMARTS) is 1. The molecule has 0 aliphatic rings. The van der Waals surface area contributed by atoms with Crippen molar-refractivity contribution >= 4 is 5.97 Å². The molecule has 1 atom stereocenters. The lowest BCUT2D eigenvalue weighted by atomic mass is 10.0. The van der Waals surface area contributed by atoms with Crippen molar-refractivity contribution in [1.82, 2.24) is 0 Å². The fourth-order valence-corrected chi connectivity index (χ4v) is 1.34. The van der Waals surface area contributed by atoms with Crippen LogP contribution in [-0.4, -0.2) is 28.4 Å². The van der Waals surface area contributed by atoms with Gasteiger partial charge in [0.2, 0.25) is 0 Å². The minimum atomic E-state index is -1.45. The number of aliphatic hydroxyl groups excluding tert-OH is 1. The Balaban J connectivity index is 3.55. The van der Waals surface area contributed by atoms with Crippen molar-refractivity contribution in [3.8, 4) is 23.8 Å². The largest absolute Gasteiger partial charge is 0.504 e. The average molecular weight is 222 g/mol. The van der Waals surface area contributed by atoms with Crippen molar-refractivity contribution in [1.29, 1.82) is 0 Å². The summed E-state index contributed by atoms with van der Waals surface area (Å²) in [6.45, 7) is 0. The van der Waals surface area contributed by atoms with E-state index in [0.717, 1.165) is 12.1 Å². The molecule has 0 aromatic heterocycles. The van der Waals surface area contributed by atoms with Crippen LogP contribution in [0, 0.1) is 12.3 Å². The molecule has 16 heavy (non-hydrogen) atoms. The number of carboxylic acids is 1. The second kappa shape index (κ2) is 4.55. The van der Waals surface area contributed by atoms with Crippen molar-refractivity contribution in [2.75, 3.05) is 7.11 Å². The summed E-state index contributed by atoms with van der Waals surface area (Å²) in [5.41, 5.74) is -0.336. The molecule has 5 nitrogen and oxygen atoms in total. The Morgan fingerprint density at radius 2 is 2.19 bits per heavy atom. The lowest BCUT2D eigenvalue weighted by molar-refractivity contribution is 0.0691. The van der Waals surface area contributed by atoms with Crippen molar-refractivity contribution in [3.63, 3.8) is 0 Å². The molecule has 1 aromatic rings.